The average Bonchev–Trinajstić information content (AvgIpc) is 2.47. The van der Waals surface area contributed by atoms with Crippen molar-refractivity contribution < 1.29 is 19.4 Å². The molecule has 118 valence electrons. The molecule has 0 saturated heterocycles. The maximum Gasteiger partial charge on any atom is 0.307 e. The Labute approximate surface area is 134 Å². The highest BCUT2D eigenvalue weighted by Crippen LogP contribution is 2.33. The van der Waals surface area contributed by atoms with E-state index in [1.165, 1.54) is 0 Å². The van der Waals surface area contributed by atoms with Crippen LogP contribution in [0.2, 0.25) is 0 Å². The summed E-state index contributed by atoms with van der Waals surface area (Å²) in [4.78, 5) is 13.1. The van der Waals surface area contributed by atoms with Crippen molar-refractivity contribution in [1.82, 2.24) is 4.90 Å². The number of halogens is 1. The Bertz CT molecular complexity index is 493. The first-order chi connectivity index (χ1) is 9.92. The standard InChI is InChI=1S/C15H22BrNO4/c1-5-17(8-10(2)15(18)19)9-11-6-13(20-3)14(21-4)7-12(11)16/h6-7,10H,5,8-9H2,1-4H3,(H,18,19). The molecule has 21 heavy (non-hydrogen) atoms. The van der Waals surface area contributed by atoms with Crippen LogP contribution in [0.3, 0.4) is 0 Å². The number of carboxylic acids is 1. The van der Waals surface area contributed by atoms with Crippen molar-refractivity contribution in [1.29, 1.82) is 0 Å². The van der Waals surface area contributed by atoms with Crippen LogP contribution in [0.1, 0.15) is 19.4 Å². The van der Waals surface area contributed by atoms with Crippen LogP contribution in [0, 0.1) is 5.92 Å². The minimum absolute atomic E-state index is 0.399. The Hall–Kier alpha value is -1.27. The van der Waals surface area contributed by atoms with Gasteiger partial charge in [-0.3, -0.25) is 9.69 Å². The molecule has 5 nitrogen and oxygen atoms in total. The number of aliphatic carboxylic acids is 1. The van der Waals surface area contributed by atoms with Crippen molar-refractivity contribution in [3.63, 3.8) is 0 Å². The molecule has 0 aliphatic rings. The zero-order valence-corrected chi connectivity index (χ0v) is 14.4. The van der Waals surface area contributed by atoms with Gasteiger partial charge < -0.3 is 14.6 Å². The molecular formula is C15H22BrNO4. The van der Waals surface area contributed by atoms with Gasteiger partial charge in [-0.1, -0.05) is 29.8 Å². The number of nitrogens with zero attached hydrogens (tertiary/aromatic N) is 1. The van der Waals surface area contributed by atoms with E-state index in [1.807, 2.05) is 19.1 Å². The summed E-state index contributed by atoms with van der Waals surface area (Å²) in [5.41, 5.74) is 1.03. The van der Waals surface area contributed by atoms with E-state index in [0.717, 1.165) is 16.6 Å². The van der Waals surface area contributed by atoms with Crippen LogP contribution in [0.4, 0.5) is 0 Å². The van der Waals surface area contributed by atoms with Crippen LogP contribution < -0.4 is 9.47 Å². The minimum Gasteiger partial charge on any atom is -0.493 e. The molecule has 1 unspecified atom stereocenters. The number of ether oxygens (including phenoxy) is 2. The zero-order valence-electron chi connectivity index (χ0n) is 12.9. The highest BCUT2D eigenvalue weighted by Gasteiger charge is 2.17. The summed E-state index contributed by atoms with van der Waals surface area (Å²) >= 11 is 3.53. The lowest BCUT2D eigenvalue weighted by molar-refractivity contribution is -0.141. The normalized spacial score (nSPS) is 12.3. The second kappa shape index (κ2) is 8.24. The van der Waals surface area contributed by atoms with E-state index in [9.17, 15) is 4.79 Å². The van der Waals surface area contributed by atoms with E-state index in [2.05, 4.69) is 20.8 Å². The Morgan fingerprint density at radius 1 is 1.33 bits per heavy atom. The molecule has 1 aromatic rings. The molecule has 0 spiro atoms. The zero-order chi connectivity index (χ0) is 16.0. The van der Waals surface area contributed by atoms with Crippen LogP contribution in [0.15, 0.2) is 16.6 Å². The van der Waals surface area contributed by atoms with Crippen LogP contribution in [-0.4, -0.2) is 43.3 Å². The van der Waals surface area contributed by atoms with Crippen molar-refractivity contribution in [2.24, 2.45) is 5.92 Å². The smallest absolute Gasteiger partial charge is 0.307 e. The van der Waals surface area contributed by atoms with Gasteiger partial charge in [-0.15, -0.1) is 0 Å². The fourth-order valence-corrected chi connectivity index (χ4v) is 2.48. The molecular weight excluding hydrogens is 338 g/mol. The van der Waals surface area contributed by atoms with Gasteiger partial charge in [0.25, 0.3) is 0 Å². The third kappa shape index (κ3) is 4.89. The lowest BCUT2D eigenvalue weighted by Gasteiger charge is -2.23. The van der Waals surface area contributed by atoms with E-state index < -0.39 is 11.9 Å². The second-order valence-electron chi connectivity index (χ2n) is 4.87. The lowest BCUT2D eigenvalue weighted by Crippen LogP contribution is -2.31. The molecule has 0 aromatic heterocycles. The molecule has 1 N–H and O–H groups in total. The topological polar surface area (TPSA) is 59.0 Å². The van der Waals surface area contributed by atoms with Crippen molar-refractivity contribution in [2.45, 2.75) is 20.4 Å². The molecule has 1 aromatic carbocycles. The van der Waals surface area contributed by atoms with E-state index in [-0.39, 0.29) is 0 Å². The fraction of sp³-hybridized carbons (Fsp3) is 0.533. The van der Waals surface area contributed by atoms with Gasteiger partial charge in [0.1, 0.15) is 0 Å². The maximum absolute atomic E-state index is 11.0. The number of carbonyl (C=O) groups is 1. The quantitative estimate of drug-likeness (QED) is 0.772. The van der Waals surface area contributed by atoms with Gasteiger partial charge in [-0.25, -0.2) is 0 Å². The first kappa shape index (κ1) is 17.8. The molecule has 0 heterocycles. The van der Waals surface area contributed by atoms with Gasteiger partial charge in [0.2, 0.25) is 0 Å². The first-order valence-corrected chi connectivity index (χ1v) is 7.57. The largest absolute Gasteiger partial charge is 0.493 e. The highest BCUT2D eigenvalue weighted by molar-refractivity contribution is 9.10. The Kier molecular flexibility index (Phi) is 6.98. The lowest BCUT2D eigenvalue weighted by atomic mass is 10.1. The van der Waals surface area contributed by atoms with E-state index in [0.29, 0.717) is 24.6 Å². The van der Waals surface area contributed by atoms with Crippen molar-refractivity contribution in [3.8, 4) is 11.5 Å². The molecule has 0 aliphatic carbocycles. The molecule has 1 atom stereocenters. The van der Waals surface area contributed by atoms with Gasteiger partial charge in [0, 0.05) is 17.6 Å². The summed E-state index contributed by atoms with van der Waals surface area (Å²) in [5, 5.41) is 9.03. The molecule has 0 saturated carbocycles. The summed E-state index contributed by atoms with van der Waals surface area (Å²) in [7, 11) is 3.19. The predicted molar refractivity (Wildman–Crippen MR) is 85.0 cm³/mol. The number of hydrogen-bond donors (Lipinski definition) is 1. The number of hydrogen-bond acceptors (Lipinski definition) is 4. The maximum atomic E-state index is 11.0. The van der Waals surface area contributed by atoms with Crippen LogP contribution in [0.25, 0.3) is 0 Å². The Balaban J connectivity index is 2.91. The van der Waals surface area contributed by atoms with E-state index in [4.69, 9.17) is 14.6 Å². The van der Waals surface area contributed by atoms with Crippen LogP contribution in [-0.2, 0) is 11.3 Å². The molecule has 0 bridgehead atoms. The molecule has 0 amide bonds. The van der Waals surface area contributed by atoms with Gasteiger partial charge in [0.05, 0.1) is 20.1 Å². The summed E-state index contributed by atoms with van der Waals surface area (Å²) in [6, 6.07) is 3.78. The summed E-state index contributed by atoms with van der Waals surface area (Å²) < 4.78 is 11.5. The SMILES string of the molecule is CCN(Cc1cc(OC)c(OC)cc1Br)CC(C)C(=O)O. The minimum atomic E-state index is -0.778. The second-order valence-corrected chi connectivity index (χ2v) is 5.72. The number of methoxy groups -OCH3 is 2. The third-order valence-electron chi connectivity index (χ3n) is 3.35. The monoisotopic (exact) mass is 359 g/mol. The van der Waals surface area contributed by atoms with Crippen LogP contribution in [0.5, 0.6) is 11.5 Å². The number of benzene rings is 1. The van der Waals surface area contributed by atoms with Crippen molar-refractivity contribution in [2.75, 3.05) is 27.3 Å². The number of carboxylic acid groups (broad SMARTS) is 1. The number of rotatable bonds is 8. The van der Waals surface area contributed by atoms with Crippen LogP contribution >= 0.6 is 15.9 Å². The molecule has 0 aliphatic heterocycles. The van der Waals surface area contributed by atoms with Crippen molar-refractivity contribution >= 4 is 21.9 Å². The molecule has 0 radical (unpaired) electrons. The fourth-order valence-electron chi connectivity index (χ4n) is 2.03. The third-order valence-corrected chi connectivity index (χ3v) is 4.09. The Morgan fingerprint density at radius 3 is 2.38 bits per heavy atom. The highest BCUT2D eigenvalue weighted by atomic mass is 79.9. The first-order valence-electron chi connectivity index (χ1n) is 6.78. The summed E-state index contributed by atoms with van der Waals surface area (Å²) in [5.74, 6) is 0.150. The molecule has 0 fully saturated rings. The van der Waals surface area contributed by atoms with Gasteiger partial charge in [0.15, 0.2) is 11.5 Å². The Morgan fingerprint density at radius 2 is 1.90 bits per heavy atom. The van der Waals surface area contributed by atoms with Gasteiger partial charge >= 0.3 is 5.97 Å². The van der Waals surface area contributed by atoms with E-state index >= 15 is 0 Å². The predicted octanol–water partition coefficient (Wildman–Crippen LogP) is 3.01. The van der Waals surface area contributed by atoms with Gasteiger partial charge in [-0.05, 0) is 24.2 Å². The molecule has 1 rings (SSSR count). The molecule has 6 heteroatoms. The van der Waals surface area contributed by atoms with Gasteiger partial charge in [-0.2, -0.15) is 0 Å². The summed E-state index contributed by atoms with van der Waals surface area (Å²) in [6.45, 7) is 5.66. The summed E-state index contributed by atoms with van der Waals surface area (Å²) in [6.07, 6.45) is 0. The average molecular weight is 360 g/mol. The van der Waals surface area contributed by atoms with Crippen molar-refractivity contribution in [3.05, 3.63) is 22.2 Å². The van der Waals surface area contributed by atoms with E-state index in [1.54, 1.807) is 21.1 Å².